The van der Waals surface area contributed by atoms with E-state index in [0.29, 0.717) is 11.6 Å². The first-order valence-corrected chi connectivity index (χ1v) is 8.23. The Kier molecular flexibility index (Phi) is 5.08. The van der Waals surface area contributed by atoms with Gasteiger partial charge in [-0.05, 0) is 67.3 Å². The lowest BCUT2D eigenvalue weighted by Crippen LogP contribution is -2.28. The summed E-state index contributed by atoms with van der Waals surface area (Å²) in [5, 5.41) is 6.08. The molecule has 1 aliphatic heterocycles. The second kappa shape index (κ2) is 7.27. The van der Waals surface area contributed by atoms with Crippen LogP contribution in [0.4, 0.5) is 18.9 Å². The molecular weight excluding hydrogens is 329 g/mol. The van der Waals surface area contributed by atoms with Gasteiger partial charge in [0.25, 0.3) is 5.91 Å². The van der Waals surface area contributed by atoms with Crippen LogP contribution in [0, 0.1) is 0 Å². The van der Waals surface area contributed by atoms with Gasteiger partial charge in [0.15, 0.2) is 0 Å². The summed E-state index contributed by atoms with van der Waals surface area (Å²) < 4.78 is 37.7. The summed E-state index contributed by atoms with van der Waals surface area (Å²) >= 11 is 0. The largest absolute Gasteiger partial charge is 0.416 e. The highest BCUT2D eigenvalue weighted by atomic mass is 19.4. The molecule has 1 saturated heterocycles. The lowest BCUT2D eigenvalue weighted by atomic mass is 9.91. The first-order chi connectivity index (χ1) is 11.9. The molecule has 0 bridgehead atoms. The van der Waals surface area contributed by atoms with E-state index in [4.69, 9.17) is 0 Å². The van der Waals surface area contributed by atoms with Crippen LogP contribution in [0.15, 0.2) is 48.5 Å². The van der Waals surface area contributed by atoms with Crippen molar-refractivity contribution in [2.75, 3.05) is 18.4 Å². The fourth-order valence-electron chi connectivity index (χ4n) is 2.99. The highest BCUT2D eigenvalue weighted by Gasteiger charge is 2.30. The van der Waals surface area contributed by atoms with Crippen molar-refractivity contribution in [2.45, 2.75) is 24.9 Å². The minimum atomic E-state index is -4.40. The van der Waals surface area contributed by atoms with Crippen LogP contribution in [0.5, 0.6) is 0 Å². The highest BCUT2D eigenvalue weighted by molar-refractivity contribution is 6.04. The third-order valence-corrected chi connectivity index (χ3v) is 4.41. The van der Waals surface area contributed by atoms with Gasteiger partial charge in [-0.15, -0.1) is 0 Å². The SMILES string of the molecule is O=C(Nc1ccc([C@@H]2CCCNC2)cc1)c1ccc(C(F)(F)F)cc1. The quantitative estimate of drug-likeness (QED) is 0.862. The zero-order valence-electron chi connectivity index (χ0n) is 13.6. The molecule has 2 aromatic carbocycles. The fourth-order valence-corrected chi connectivity index (χ4v) is 2.99. The summed E-state index contributed by atoms with van der Waals surface area (Å²) in [4.78, 5) is 12.2. The Morgan fingerprint density at radius 1 is 1.04 bits per heavy atom. The number of amides is 1. The average molecular weight is 348 g/mol. The van der Waals surface area contributed by atoms with Gasteiger partial charge in [-0.3, -0.25) is 4.79 Å². The van der Waals surface area contributed by atoms with Gasteiger partial charge in [0.2, 0.25) is 0 Å². The van der Waals surface area contributed by atoms with E-state index >= 15 is 0 Å². The Bertz CT molecular complexity index is 718. The summed E-state index contributed by atoms with van der Waals surface area (Å²) in [6, 6.07) is 11.8. The lowest BCUT2D eigenvalue weighted by Gasteiger charge is -2.23. The Labute approximate surface area is 144 Å². The van der Waals surface area contributed by atoms with E-state index in [1.165, 1.54) is 17.7 Å². The fraction of sp³-hybridized carbons (Fsp3) is 0.316. The van der Waals surface area contributed by atoms with Crippen LogP contribution in [0.2, 0.25) is 0 Å². The molecule has 1 aliphatic rings. The predicted octanol–water partition coefficient (Wildman–Crippen LogP) is 4.42. The summed E-state index contributed by atoms with van der Waals surface area (Å²) in [6.45, 7) is 2.01. The molecule has 1 atom stereocenters. The monoisotopic (exact) mass is 348 g/mol. The number of piperidine rings is 1. The molecule has 0 aromatic heterocycles. The Morgan fingerprint density at radius 3 is 2.28 bits per heavy atom. The molecule has 1 fully saturated rings. The van der Waals surface area contributed by atoms with Crippen molar-refractivity contribution in [1.29, 1.82) is 0 Å². The van der Waals surface area contributed by atoms with Crippen LogP contribution in [-0.2, 0) is 6.18 Å². The normalized spacial score (nSPS) is 18.0. The van der Waals surface area contributed by atoms with Gasteiger partial charge in [-0.25, -0.2) is 0 Å². The van der Waals surface area contributed by atoms with Crippen LogP contribution in [-0.4, -0.2) is 19.0 Å². The van der Waals surface area contributed by atoms with Gasteiger partial charge in [0.1, 0.15) is 0 Å². The number of carbonyl (C=O) groups excluding carboxylic acids is 1. The number of carbonyl (C=O) groups is 1. The molecular formula is C19H19F3N2O. The number of rotatable bonds is 3. The van der Waals surface area contributed by atoms with E-state index in [1.807, 2.05) is 24.3 Å². The van der Waals surface area contributed by atoms with Crippen molar-refractivity contribution in [1.82, 2.24) is 5.32 Å². The van der Waals surface area contributed by atoms with Crippen molar-refractivity contribution in [3.05, 3.63) is 65.2 Å². The van der Waals surface area contributed by atoms with Crippen LogP contribution < -0.4 is 10.6 Å². The number of hydrogen-bond acceptors (Lipinski definition) is 2. The molecule has 3 rings (SSSR count). The molecule has 0 spiro atoms. The van der Waals surface area contributed by atoms with E-state index in [9.17, 15) is 18.0 Å². The van der Waals surface area contributed by atoms with Gasteiger partial charge in [-0.2, -0.15) is 13.2 Å². The topological polar surface area (TPSA) is 41.1 Å². The van der Waals surface area contributed by atoms with E-state index in [0.717, 1.165) is 38.1 Å². The minimum absolute atomic E-state index is 0.188. The van der Waals surface area contributed by atoms with Crippen LogP contribution in [0.3, 0.4) is 0 Å². The molecule has 0 unspecified atom stereocenters. The highest BCUT2D eigenvalue weighted by Crippen LogP contribution is 2.29. The molecule has 0 aliphatic carbocycles. The van der Waals surface area contributed by atoms with Gasteiger partial charge in [-0.1, -0.05) is 12.1 Å². The second-order valence-electron chi connectivity index (χ2n) is 6.19. The van der Waals surface area contributed by atoms with Crippen molar-refractivity contribution in [3.8, 4) is 0 Å². The molecule has 132 valence electrons. The molecule has 3 nitrogen and oxygen atoms in total. The molecule has 6 heteroatoms. The molecule has 1 heterocycles. The van der Waals surface area contributed by atoms with Gasteiger partial charge < -0.3 is 10.6 Å². The Balaban J connectivity index is 1.64. The molecule has 1 amide bonds. The third kappa shape index (κ3) is 4.39. The number of alkyl halides is 3. The Morgan fingerprint density at radius 2 is 1.72 bits per heavy atom. The lowest BCUT2D eigenvalue weighted by molar-refractivity contribution is -0.137. The van der Waals surface area contributed by atoms with Crippen molar-refractivity contribution in [3.63, 3.8) is 0 Å². The van der Waals surface area contributed by atoms with Crippen molar-refractivity contribution >= 4 is 11.6 Å². The van der Waals surface area contributed by atoms with Crippen LogP contribution in [0.25, 0.3) is 0 Å². The summed E-state index contributed by atoms with van der Waals surface area (Å²) in [7, 11) is 0. The molecule has 0 radical (unpaired) electrons. The third-order valence-electron chi connectivity index (χ3n) is 4.41. The maximum atomic E-state index is 12.6. The summed E-state index contributed by atoms with van der Waals surface area (Å²) in [5.74, 6) is 0.0502. The maximum absolute atomic E-state index is 12.6. The van der Waals surface area contributed by atoms with Crippen LogP contribution >= 0.6 is 0 Å². The molecule has 2 N–H and O–H groups in total. The number of benzene rings is 2. The molecule has 0 saturated carbocycles. The number of hydrogen-bond donors (Lipinski definition) is 2. The average Bonchev–Trinajstić information content (AvgIpc) is 2.62. The zero-order chi connectivity index (χ0) is 17.9. The first-order valence-electron chi connectivity index (χ1n) is 8.23. The first kappa shape index (κ1) is 17.5. The van der Waals surface area contributed by atoms with Gasteiger partial charge in [0.05, 0.1) is 5.56 Å². The molecule has 2 aromatic rings. The maximum Gasteiger partial charge on any atom is 0.416 e. The zero-order valence-corrected chi connectivity index (χ0v) is 13.6. The van der Waals surface area contributed by atoms with E-state index in [1.54, 1.807) is 0 Å². The molecule has 25 heavy (non-hydrogen) atoms. The van der Waals surface area contributed by atoms with Crippen molar-refractivity contribution in [2.24, 2.45) is 0 Å². The van der Waals surface area contributed by atoms with Crippen LogP contribution in [0.1, 0.15) is 40.2 Å². The van der Waals surface area contributed by atoms with Gasteiger partial charge >= 0.3 is 6.18 Å². The summed E-state index contributed by atoms with van der Waals surface area (Å²) in [5.41, 5.74) is 1.26. The minimum Gasteiger partial charge on any atom is -0.322 e. The van der Waals surface area contributed by atoms with E-state index in [-0.39, 0.29) is 5.56 Å². The van der Waals surface area contributed by atoms with E-state index < -0.39 is 17.6 Å². The second-order valence-corrected chi connectivity index (χ2v) is 6.19. The summed E-state index contributed by atoms with van der Waals surface area (Å²) in [6.07, 6.45) is -2.11. The Hall–Kier alpha value is -2.34. The predicted molar refractivity (Wildman–Crippen MR) is 90.7 cm³/mol. The number of anilines is 1. The standard InChI is InChI=1S/C19H19F3N2O/c20-19(21,22)16-7-3-14(4-8-16)18(25)24-17-9-5-13(6-10-17)15-2-1-11-23-12-15/h3-10,15,23H,1-2,11-12H2,(H,24,25)/t15-/m1/s1. The smallest absolute Gasteiger partial charge is 0.322 e. The number of halogens is 3. The van der Waals surface area contributed by atoms with Gasteiger partial charge in [0, 0.05) is 17.8 Å². The van der Waals surface area contributed by atoms with Crippen molar-refractivity contribution < 1.29 is 18.0 Å². The van der Waals surface area contributed by atoms with E-state index in [2.05, 4.69) is 10.6 Å². The number of nitrogens with one attached hydrogen (secondary N) is 2.